The van der Waals surface area contributed by atoms with Crippen molar-refractivity contribution in [2.24, 2.45) is 52.3 Å². The molecule has 4 nitrogen and oxygen atoms in total. The minimum absolute atomic E-state index is 0.0917. The summed E-state index contributed by atoms with van der Waals surface area (Å²) in [6.45, 7) is 9.06. The molecule has 0 aliphatic heterocycles. The van der Waals surface area contributed by atoms with Gasteiger partial charge in [-0.25, -0.2) is 0 Å². The largest absolute Gasteiger partial charge is 0.481 e. The van der Waals surface area contributed by atoms with Crippen molar-refractivity contribution in [3.8, 4) is 0 Å². The molecule has 0 heterocycles. The Balaban J connectivity index is 1.67. The summed E-state index contributed by atoms with van der Waals surface area (Å²) >= 11 is 0. The Kier molecular flexibility index (Phi) is 5.41. The van der Waals surface area contributed by atoms with E-state index in [1.165, 1.54) is 0 Å². The zero-order valence-electron chi connectivity index (χ0n) is 18.7. The molecule has 4 aliphatic carbocycles. The number of aliphatic carboxylic acids is 1. The molecule has 164 valence electrons. The van der Waals surface area contributed by atoms with Crippen molar-refractivity contribution in [3.63, 3.8) is 0 Å². The maximum Gasteiger partial charge on any atom is 0.303 e. The molecule has 4 rings (SSSR count). The van der Waals surface area contributed by atoms with Crippen molar-refractivity contribution in [2.45, 2.75) is 91.6 Å². The van der Waals surface area contributed by atoms with E-state index in [9.17, 15) is 19.8 Å². The minimum atomic E-state index is -0.700. The number of carbonyl (C=O) groups is 2. The summed E-state index contributed by atoms with van der Waals surface area (Å²) < 4.78 is 0. The zero-order chi connectivity index (χ0) is 21.1. The third-order valence-corrected chi connectivity index (χ3v) is 10.4. The Hall–Kier alpha value is -0.900. The highest BCUT2D eigenvalue weighted by Crippen LogP contribution is 2.68. The fraction of sp³-hybridized carbons (Fsp3) is 0.920. The number of carboxylic acids is 1. The second-order valence-electron chi connectivity index (χ2n) is 11.5. The molecule has 4 aliphatic rings. The van der Waals surface area contributed by atoms with E-state index in [1.54, 1.807) is 0 Å². The van der Waals surface area contributed by atoms with E-state index in [0.717, 1.165) is 51.4 Å². The van der Waals surface area contributed by atoms with Gasteiger partial charge in [-0.2, -0.15) is 0 Å². The second-order valence-corrected chi connectivity index (χ2v) is 11.5. The van der Waals surface area contributed by atoms with Crippen LogP contribution in [0.15, 0.2) is 0 Å². The van der Waals surface area contributed by atoms with Crippen LogP contribution in [0.3, 0.4) is 0 Å². The number of carbonyl (C=O) groups excluding carboxylic acids is 1. The maximum absolute atomic E-state index is 13.9. The molecule has 0 aromatic heterocycles. The van der Waals surface area contributed by atoms with Gasteiger partial charge in [0.2, 0.25) is 0 Å². The highest BCUT2D eigenvalue weighted by molar-refractivity contribution is 5.86. The minimum Gasteiger partial charge on any atom is -0.481 e. The first-order valence-electron chi connectivity index (χ1n) is 12.1. The number of Topliss-reactive ketones (excluding diaryl/α,β-unsaturated/α-hetero) is 1. The summed E-state index contributed by atoms with van der Waals surface area (Å²) in [4.78, 5) is 25.2. The van der Waals surface area contributed by atoms with Gasteiger partial charge >= 0.3 is 5.97 Å². The molecule has 0 amide bonds. The summed E-state index contributed by atoms with van der Waals surface area (Å²) in [5, 5.41) is 19.7. The van der Waals surface area contributed by atoms with E-state index in [2.05, 4.69) is 27.7 Å². The average Bonchev–Trinajstić information content (AvgIpc) is 3.00. The molecule has 0 aromatic carbocycles. The summed E-state index contributed by atoms with van der Waals surface area (Å²) in [6.07, 6.45) is 7.98. The monoisotopic (exact) mass is 404 g/mol. The van der Waals surface area contributed by atoms with Crippen LogP contribution >= 0.6 is 0 Å². The molecule has 4 saturated carbocycles. The fourth-order valence-electron chi connectivity index (χ4n) is 9.03. The molecule has 4 heteroatoms. The average molecular weight is 405 g/mol. The van der Waals surface area contributed by atoms with Gasteiger partial charge in [0, 0.05) is 18.3 Å². The maximum atomic E-state index is 13.9. The first kappa shape index (κ1) is 21.3. The van der Waals surface area contributed by atoms with Crippen molar-refractivity contribution in [3.05, 3.63) is 0 Å². The van der Waals surface area contributed by atoms with Gasteiger partial charge in [0.25, 0.3) is 0 Å². The number of aliphatic hydroxyl groups is 1. The highest BCUT2D eigenvalue weighted by atomic mass is 16.4. The topological polar surface area (TPSA) is 74.6 Å². The van der Waals surface area contributed by atoms with Crippen LogP contribution in [-0.4, -0.2) is 28.1 Å². The lowest BCUT2D eigenvalue weighted by Crippen LogP contribution is -2.60. The van der Waals surface area contributed by atoms with Gasteiger partial charge in [0.05, 0.1) is 6.10 Å². The van der Waals surface area contributed by atoms with Crippen LogP contribution in [0, 0.1) is 52.3 Å². The highest BCUT2D eigenvalue weighted by Gasteiger charge is 2.65. The molecular formula is C25H40O4. The third-order valence-electron chi connectivity index (χ3n) is 10.4. The molecule has 0 aromatic rings. The van der Waals surface area contributed by atoms with Crippen LogP contribution in [0.1, 0.15) is 85.5 Å². The molecule has 2 N–H and O–H groups in total. The Labute approximate surface area is 175 Å². The van der Waals surface area contributed by atoms with Crippen molar-refractivity contribution in [1.29, 1.82) is 0 Å². The molecule has 29 heavy (non-hydrogen) atoms. The Morgan fingerprint density at radius 3 is 2.38 bits per heavy atom. The molecule has 4 fully saturated rings. The molecule has 0 radical (unpaired) electrons. The predicted molar refractivity (Wildman–Crippen MR) is 112 cm³/mol. The van der Waals surface area contributed by atoms with Crippen molar-refractivity contribution < 1.29 is 19.8 Å². The third kappa shape index (κ3) is 3.11. The number of hydrogen-bond donors (Lipinski definition) is 2. The number of hydrogen-bond acceptors (Lipinski definition) is 3. The van der Waals surface area contributed by atoms with E-state index < -0.39 is 5.97 Å². The van der Waals surface area contributed by atoms with E-state index in [4.69, 9.17) is 0 Å². The summed E-state index contributed by atoms with van der Waals surface area (Å²) in [5.41, 5.74) is 0.270. The van der Waals surface area contributed by atoms with E-state index >= 15 is 0 Å². The summed E-state index contributed by atoms with van der Waals surface area (Å²) in [7, 11) is 0. The van der Waals surface area contributed by atoms with Crippen LogP contribution in [0.25, 0.3) is 0 Å². The van der Waals surface area contributed by atoms with Gasteiger partial charge in [0.1, 0.15) is 5.78 Å². The van der Waals surface area contributed by atoms with Crippen LogP contribution in [0.4, 0.5) is 0 Å². The molecule has 0 saturated heterocycles. The molecular weight excluding hydrogens is 364 g/mol. The van der Waals surface area contributed by atoms with Gasteiger partial charge in [-0.3, -0.25) is 9.59 Å². The molecule has 0 unspecified atom stereocenters. The fourth-order valence-corrected chi connectivity index (χ4v) is 9.03. The number of fused-ring (bicyclic) bond motifs is 5. The van der Waals surface area contributed by atoms with Gasteiger partial charge in [0.15, 0.2) is 0 Å². The Morgan fingerprint density at radius 1 is 1.07 bits per heavy atom. The van der Waals surface area contributed by atoms with Crippen LogP contribution < -0.4 is 0 Å². The van der Waals surface area contributed by atoms with Crippen LogP contribution in [-0.2, 0) is 9.59 Å². The number of aliphatic hydroxyl groups excluding tert-OH is 1. The summed E-state index contributed by atoms with van der Waals surface area (Å²) in [5.74, 6) is 1.80. The molecule has 0 bridgehead atoms. The molecule has 0 spiro atoms. The van der Waals surface area contributed by atoms with Gasteiger partial charge < -0.3 is 10.2 Å². The quantitative estimate of drug-likeness (QED) is 0.696. The first-order valence-corrected chi connectivity index (χ1v) is 12.1. The number of ketones is 1. The lowest BCUT2D eigenvalue weighted by atomic mass is 9.42. The van der Waals surface area contributed by atoms with Gasteiger partial charge in [-0.1, -0.05) is 27.7 Å². The first-order chi connectivity index (χ1) is 13.6. The standard InChI is InChI=1S/C25H40O4/c1-5-16-20-13-15(26)8-10-25(20,4)19-9-11-24(3)17(14(2)12-21(27)28)6-7-18(24)22(19)23(16)29/h14-20,22,26H,5-13H2,1-4H3,(H,27,28)/t14-,15-,16-,17-,18+,19+,20+,22+,24-,25-/m1/s1. The van der Waals surface area contributed by atoms with Crippen LogP contribution in [0.2, 0.25) is 0 Å². The van der Waals surface area contributed by atoms with Crippen molar-refractivity contribution in [2.75, 3.05) is 0 Å². The Bertz CT molecular complexity index is 674. The van der Waals surface area contributed by atoms with E-state index in [0.29, 0.717) is 29.5 Å². The SMILES string of the molecule is CC[C@H]1C(=O)[C@@H]2[C@H](CC[C@]3(C)[C@@H]([C@H](C)CC(=O)O)CC[C@@H]23)[C@@]2(C)CC[C@@H](O)C[C@@H]12. The van der Waals surface area contributed by atoms with Gasteiger partial charge in [-0.05, 0) is 91.8 Å². The predicted octanol–water partition coefficient (Wildman–Crippen LogP) is 4.93. The van der Waals surface area contributed by atoms with E-state index in [-0.39, 0.29) is 41.1 Å². The molecule has 10 atom stereocenters. The van der Waals surface area contributed by atoms with E-state index in [1.807, 2.05) is 0 Å². The van der Waals surface area contributed by atoms with Crippen LogP contribution in [0.5, 0.6) is 0 Å². The van der Waals surface area contributed by atoms with Crippen molar-refractivity contribution in [1.82, 2.24) is 0 Å². The lowest BCUT2D eigenvalue weighted by Gasteiger charge is -2.62. The number of carboxylic acid groups (broad SMARTS) is 1. The van der Waals surface area contributed by atoms with Crippen molar-refractivity contribution >= 4 is 11.8 Å². The lowest BCUT2D eigenvalue weighted by molar-refractivity contribution is -0.173. The zero-order valence-corrected chi connectivity index (χ0v) is 18.7. The Morgan fingerprint density at radius 2 is 1.72 bits per heavy atom. The van der Waals surface area contributed by atoms with Gasteiger partial charge in [-0.15, -0.1) is 0 Å². The smallest absolute Gasteiger partial charge is 0.303 e. The summed E-state index contributed by atoms with van der Waals surface area (Å²) in [6, 6.07) is 0. The normalized spacial score (nSPS) is 50.4. The second kappa shape index (κ2) is 7.35. The number of rotatable bonds is 4.